The second kappa shape index (κ2) is 7.10. The lowest BCUT2D eigenvalue weighted by molar-refractivity contribution is 0.179. The molecule has 0 unspecified atom stereocenters. The molecule has 0 aliphatic carbocycles. The summed E-state index contributed by atoms with van der Waals surface area (Å²) in [5.41, 5.74) is 0.342. The Kier molecular flexibility index (Phi) is 5.77. The summed E-state index contributed by atoms with van der Waals surface area (Å²) in [4.78, 5) is 0. The first-order valence-electron chi connectivity index (χ1n) is 5.33. The van der Waals surface area contributed by atoms with Gasteiger partial charge in [-0.25, -0.2) is 8.42 Å². The zero-order valence-corrected chi connectivity index (χ0v) is 10.9. The number of aromatic nitrogens is 1. The smallest absolute Gasteiger partial charge is 0.220 e. The number of ether oxygens (including phenoxy) is 1. The van der Waals surface area contributed by atoms with Crippen LogP contribution in [-0.4, -0.2) is 44.7 Å². The fraction of sp³-hybridized carbons (Fsp3) is 0.600. The van der Waals surface area contributed by atoms with Crippen LogP contribution in [0, 0.1) is 11.3 Å². The van der Waals surface area contributed by atoms with E-state index >= 15 is 0 Å². The van der Waals surface area contributed by atoms with Gasteiger partial charge in [0, 0.05) is 32.7 Å². The van der Waals surface area contributed by atoms with Gasteiger partial charge in [0.25, 0.3) is 0 Å². The van der Waals surface area contributed by atoms with Crippen molar-refractivity contribution < 1.29 is 17.7 Å². The van der Waals surface area contributed by atoms with Gasteiger partial charge in [-0.2, -0.15) is 9.57 Å². The molecule has 0 aliphatic rings. The summed E-state index contributed by atoms with van der Waals surface area (Å²) >= 11 is 0. The molecule has 1 rings (SSSR count). The Hall–Kier alpha value is -1.43. The molecular weight excluding hydrogens is 258 g/mol. The third-order valence-corrected chi connectivity index (χ3v) is 4.05. The second-order valence-corrected chi connectivity index (χ2v) is 5.52. The molecule has 0 aliphatic heterocycles. The highest BCUT2D eigenvalue weighted by molar-refractivity contribution is 7.88. The maximum Gasteiger partial charge on any atom is 0.220 e. The van der Waals surface area contributed by atoms with Crippen molar-refractivity contribution in [3.05, 3.63) is 18.0 Å². The van der Waals surface area contributed by atoms with Crippen LogP contribution in [0.3, 0.4) is 0 Å². The zero-order chi connectivity index (χ0) is 13.4. The molecule has 18 heavy (non-hydrogen) atoms. The van der Waals surface area contributed by atoms with Gasteiger partial charge in [-0.3, -0.25) is 0 Å². The monoisotopic (exact) mass is 273 g/mol. The molecule has 8 heteroatoms. The van der Waals surface area contributed by atoms with Crippen LogP contribution in [0.2, 0.25) is 0 Å². The Morgan fingerprint density at radius 1 is 1.56 bits per heavy atom. The minimum atomic E-state index is -3.51. The molecule has 100 valence electrons. The standard InChI is InChI=1S/C10H15N3O4S/c1-16-8-6-13(5-2-4-11)18(14,15)9-10-3-7-17-12-10/h3,7H,2,5-6,8-9H2,1H3. The van der Waals surface area contributed by atoms with Gasteiger partial charge in [0.05, 0.1) is 18.4 Å². The number of hydrogen-bond acceptors (Lipinski definition) is 6. The molecule has 0 saturated carbocycles. The van der Waals surface area contributed by atoms with Crippen molar-refractivity contribution in [3.63, 3.8) is 0 Å². The van der Waals surface area contributed by atoms with Gasteiger partial charge in [0.15, 0.2) is 0 Å². The first-order chi connectivity index (χ1) is 8.60. The number of hydrogen-bond donors (Lipinski definition) is 0. The van der Waals surface area contributed by atoms with Gasteiger partial charge in [0.2, 0.25) is 10.0 Å². The minimum Gasteiger partial charge on any atom is -0.383 e. The predicted molar refractivity (Wildman–Crippen MR) is 62.8 cm³/mol. The molecular formula is C10H15N3O4S. The Morgan fingerprint density at radius 2 is 2.33 bits per heavy atom. The first kappa shape index (κ1) is 14.6. The molecule has 0 spiro atoms. The Morgan fingerprint density at radius 3 is 2.89 bits per heavy atom. The molecule has 0 amide bonds. The molecule has 0 radical (unpaired) electrons. The van der Waals surface area contributed by atoms with Crippen LogP contribution in [0.4, 0.5) is 0 Å². The predicted octanol–water partition coefficient (Wildman–Crippen LogP) is 0.366. The van der Waals surface area contributed by atoms with Gasteiger partial charge in [-0.1, -0.05) is 5.16 Å². The third-order valence-electron chi connectivity index (χ3n) is 2.23. The van der Waals surface area contributed by atoms with E-state index in [0.29, 0.717) is 5.69 Å². The summed E-state index contributed by atoms with van der Waals surface area (Å²) in [5.74, 6) is -0.237. The molecule has 0 atom stereocenters. The van der Waals surface area contributed by atoms with E-state index in [0.717, 1.165) is 0 Å². The zero-order valence-electron chi connectivity index (χ0n) is 10.1. The summed E-state index contributed by atoms with van der Waals surface area (Å²) in [7, 11) is -2.02. The summed E-state index contributed by atoms with van der Waals surface area (Å²) in [6.07, 6.45) is 1.46. The van der Waals surface area contributed by atoms with E-state index in [4.69, 9.17) is 10.00 Å². The van der Waals surface area contributed by atoms with Gasteiger partial charge in [-0.15, -0.1) is 0 Å². The van der Waals surface area contributed by atoms with Crippen molar-refractivity contribution in [2.75, 3.05) is 26.8 Å². The SMILES string of the molecule is COCCN(CCC#N)S(=O)(=O)Cc1ccon1. The molecule has 7 nitrogen and oxygen atoms in total. The summed E-state index contributed by atoms with van der Waals surface area (Å²) in [6, 6.07) is 3.42. The van der Waals surface area contributed by atoms with Crippen molar-refractivity contribution in [2.45, 2.75) is 12.2 Å². The molecule has 0 bridgehead atoms. The normalized spacial score (nSPS) is 11.6. The Bertz CT molecular complexity index is 478. The average Bonchev–Trinajstić information content (AvgIpc) is 2.81. The summed E-state index contributed by atoms with van der Waals surface area (Å²) < 4.78 is 34.9. The Balaban J connectivity index is 2.72. The number of methoxy groups -OCH3 is 1. The van der Waals surface area contributed by atoms with Crippen LogP contribution in [-0.2, 0) is 20.5 Å². The van der Waals surface area contributed by atoms with Crippen molar-refractivity contribution in [2.24, 2.45) is 0 Å². The van der Waals surface area contributed by atoms with Gasteiger partial charge < -0.3 is 9.26 Å². The molecule has 0 aromatic carbocycles. The Labute approximate surface area is 106 Å². The average molecular weight is 273 g/mol. The number of nitrogens with zero attached hydrogens (tertiary/aromatic N) is 3. The number of rotatable bonds is 8. The van der Waals surface area contributed by atoms with E-state index in [2.05, 4.69) is 9.68 Å². The van der Waals surface area contributed by atoms with Crippen LogP contribution in [0.15, 0.2) is 16.9 Å². The van der Waals surface area contributed by atoms with Crippen molar-refractivity contribution in [1.29, 1.82) is 5.26 Å². The van der Waals surface area contributed by atoms with E-state index in [1.807, 2.05) is 6.07 Å². The van der Waals surface area contributed by atoms with Crippen LogP contribution >= 0.6 is 0 Å². The van der Waals surface area contributed by atoms with E-state index in [9.17, 15) is 8.42 Å². The molecule has 0 N–H and O–H groups in total. The molecule has 1 aromatic heterocycles. The maximum absolute atomic E-state index is 12.1. The molecule has 1 heterocycles. The molecule has 0 fully saturated rings. The van der Waals surface area contributed by atoms with Crippen molar-refractivity contribution in [1.82, 2.24) is 9.46 Å². The van der Waals surface area contributed by atoms with Crippen molar-refractivity contribution in [3.8, 4) is 6.07 Å². The fourth-order valence-corrected chi connectivity index (χ4v) is 2.78. The van der Waals surface area contributed by atoms with E-state index < -0.39 is 10.0 Å². The molecule has 1 aromatic rings. The van der Waals surface area contributed by atoms with E-state index in [-0.39, 0.29) is 31.9 Å². The van der Waals surface area contributed by atoms with Crippen LogP contribution in [0.25, 0.3) is 0 Å². The first-order valence-corrected chi connectivity index (χ1v) is 6.94. The lowest BCUT2D eigenvalue weighted by atomic mass is 10.4. The lowest BCUT2D eigenvalue weighted by Crippen LogP contribution is -2.35. The minimum absolute atomic E-state index is 0.141. The molecule has 0 saturated heterocycles. The van der Waals surface area contributed by atoms with Gasteiger partial charge >= 0.3 is 0 Å². The van der Waals surface area contributed by atoms with Crippen LogP contribution in [0.5, 0.6) is 0 Å². The maximum atomic E-state index is 12.1. The summed E-state index contributed by atoms with van der Waals surface area (Å²) in [5, 5.41) is 12.1. The highest BCUT2D eigenvalue weighted by Crippen LogP contribution is 2.09. The van der Waals surface area contributed by atoms with Crippen LogP contribution < -0.4 is 0 Å². The highest BCUT2D eigenvalue weighted by Gasteiger charge is 2.23. The lowest BCUT2D eigenvalue weighted by Gasteiger charge is -2.19. The second-order valence-electron chi connectivity index (χ2n) is 3.55. The van der Waals surface area contributed by atoms with Crippen molar-refractivity contribution >= 4 is 10.0 Å². The van der Waals surface area contributed by atoms with E-state index in [1.165, 1.54) is 23.7 Å². The number of sulfonamides is 1. The third kappa shape index (κ3) is 4.44. The highest BCUT2D eigenvalue weighted by atomic mass is 32.2. The van der Waals surface area contributed by atoms with E-state index in [1.54, 1.807) is 0 Å². The number of nitriles is 1. The quantitative estimate of drug-likeness (QED) is 0.678. The van der Waals surface area contributed by atoms with Crippen LogP contribution in [0.1, 0.15) is 12.1 Å². The largest absolute Gasteiger partial charge is 0.383 e. The van der Waals surface area contributed by atoms with Gasteiger partial charge in [-0.05, 0) is 0 Å². The fourth-order valence-electron chi connectivity index (χ4n) is 1.35. The summed E-state index contributed by atoms with van der Waals surface area (Å²) in [6.45, 7) is 0.655. The van der Waals surface area contributed by atoms with Gasteiger partial charge in [0.1, 0.15) is 12.0 Å². The topological polar surface area (TPSA) is 96.4 Å².